The van der Waals surface area contributed by atoms with Gasteiger partial charge in [0.25, 0.3) is 11.6 Å². The minimum Gasteiger partial charge on any atom is -0.347 e. The maximum atomic E-state index is 12.0. The molecule has 0 saturated heterocycles. The van der Waals surface area contributed by atoms with Gasteiger partial charge in [-0.25, -0.2) is 0 Å². The van der Waals surface area contributed by atoms with E-state index in [1.54, 1.807) is 0 Å². The lowest BCUT2D eigenvalue weighted by Gasteiger charge is -2.39. The molecule has 6 heteroatoms. The molecule has 1 amide bonds. The number of nitrogens with zero attached hydrogens (tertiary/aromatic N) is 1. The lowest BCUT2D eigenvalue weighted by molar-refractivity contribution is -0.384. The maximum Gasteiger partial charge on any atom is 0.270 e. The van der Waals surface area contributed by atoms with Gasteiger partial charge in [0, 0.05) is 17.7 Å². The fraction of sp³-hybridized carbons (Fsp3) is 0.417. The van der Waals surface area contributed by atoms with Gasteiger partial charge in [0.15, 0.2) is 0 Å². The minimum atomic E-state index is -0.543. The summed E-state index contributed by atoms with van der Waals surface area (Å²) in [6, 6.07) is 3.86. The molecule has 1 N–H and O–H groups in total. The Hall–Kier alpha value is -1.62. The average molecular weight is 269 g/mol. The van der Waals surface area contributed by atoms with Crippen LogP contribution in [0, 0.1) is 10.1 Å². The van der Waals surface area contributed by atoms with Crippen LogP contribution < -0.4 is 5.32 Å². The molecule has 5 nitrogen and oxygen atoms in total. The van der Waals surface area contributed by atoms with Gasteiger partial charge < -0.3 is 5.32 Å². The van der Waals surface area contributed by atoms with Crippen molar-refractivity contribution in [2.75, 3.05) is 0 Å². The first-order valence-electron chi connectivity index (χ1n) is 5.68. The van der Waals surface area contributed by atoms with Crippen molar-refractivity contribution in [2.24, 2.45) is 0 Å². The SMILES string of the molecule is CC1(NC(=O)c2cc([N+](=O)[O-])ccc2Cl)CCC1. The summed E-state index contributed by atoms with van der Waals surface area (Å²) in [5, 5.41) is 13.8. The van der Waals surface area contributed by atoms with Crippen molar-refractivity contribution in [3.05, 3.63) is 38.9 Å². The molecule has 0 aliphatic heterocycles. The van der Waals surface area contributed by atoms with Crippen molar-refractivity contribution in [3.8, 4) is 0 Å². The van der Waals surface area contributed by atoms with Crippen molar-refractivity contribution < 1.29 is 9.72 Å². The Bertz CT molecular complexity index is 512. The molecule has 1 aliphatic carbocycles. The Morgan fingerprint density at radius 1 is 1.50 bits per heavy atom. The predicted molar refractivity (Wildman–Crippen MR) is 67.8 cm³/mol. The van der Waals surface area contributed by atoms with Crippen molar-refractivity contribution >= 4 is 23.2 Å². The van der Waals surface area contributed by atoms with Crippen LogP contribution in [0.1, 0.15) is 36.5 Å². The monoisotopic (exact) mass is 268 g/mol. The van der Waals surface area contributed by atoms with Gasteiger partial charge in [-0.1, -0.05) is 11.6 Å². The average Bonchev–Trinajstić information content (AvgIpc) is 2.27. The van der Waals surface area contributed by atoms with Gasteiger partial charge >= 0.3 is 0 Å². The second-order valence-corrected chi connectivity index (χ2v) is 5.20. The second kappa shape index (κ2) is 4.57. The maximum absolute atomic E-state index is 12.0. The number of nitro groups is 1. The Labute approximate surface area is 109 Å². The number of rotatable bonds is 3. The largest absolute Gasteiger partial charge is 0.347 e. The van der Waals surface area contributed by atoms with E-state index in [4.69, 9.17) is 11.6 Å². The molecule has 0 aromatic heterocycles. The van der Waals surface area contributed by atoms with Crippen molar-refractivity contribution in [1.82, 2.24) is 5.32 Å². The van der Waals surface area contributed by atoms with Crippen molar-refractivity contribution in [1.29, 1.82) is 0 Å². The standard InChI is InChI=1S/C12H13ClN2O3/c1-12(5-2-6-12)14-11(16)9-7-8(15(17)18)3-4-10(9)13/h3-4,7H,2,5-6H2,1H3,(H,14,16). The first-order chi connectivity index (χ1) is 8.41. The predicted octanol–water partition coefficient (Wildman–Crippen LogP) is 2.92. The Morgan fingerprint density at radius 3 is 2.67 bits per heavy atom. The number of hydrogen-bond donors (Lipinski definition) is 1. The van der Waals surface area contributed by atoms with E-state index in [2.05, 4.69) is 5.32 Å². The number of amides is 1. The van der Waals surface area contributed by atoms with Crippen molar-refractivity contribution in [3.63, 3.8) is 0 Å². The molecule has 1 aliphatic rings. The first kappa shape index (κ1) is 12.8. The Balaban J connectivity index is 2.23. The second-order valence-electron chi connectivity index (χ2n) is 4.79. The number of non-ortho nitro benzene ring substituents is 1. The molecule has 0 unspecified atom stereocenters. The highest BCUT2D eigenvalue weighted by atomic mass is 35.5. The number of nitrogens with one attached hydrogen (secondary N) is 1. The van der Waals surface area contributed by atoms with E-state index in [9.17, 15) is 14.9 Å². The zero-order valence-corrected chi connectivity index (χ0v) is 10.7. The zero-order valence-electron chi connectivity index (χ0n) is 9.90. The normalized spacial score (nSPS) is 16.8. The van der Waals surface area contributed by atoms with E-state index >= 15 is 0 Å². The van der Waals surface area contributed by atoms with Crippen molar-refractivity contribution in [2.45, 2.75) is 31.7 Å². The molecule has 0 bridgehead atoms. The highest BCUT2D eigenvalue weighted by Crippen LogP contribution is 2.32. The van der Waals surface area contributed by atoms with Gasteiger partial charge in [-0.15, -0.1) is 0 Å². The molecule has 96 valence electrons. The molecule has 0 spiro atoms. The number of carbonyl (C=O) groups is 1. The molecule has 18 heavy (non-hydrogen) atoms. The first-order valence-corrected chi connectivity index (χ1v) is 6.05. The topological polar surface area (TPSA) is 72.2 Å². The van der Waals surface area contributed by atoms with Gasteiger partial charge in [0.2, 0.25) is 0 Å². The highest BCUT2D eigenvalue weighted by Gasteiger charge is 2.34. The third kappa shape index (κ3) is 2.46. The summed E-state index contributed by atoms with van der Waals surface area (Å²) in [6.07, 6.45) is 2.93. The number of carbonyl (C=O) groups excluding carboxylic acids is 1. The molecule has 1 aromatic carbocycles. The molecular formula is C12H13ClN2O3. The molecule has 0 radical (unpaired) electrons. The third-order valence-corrected chi connectivity index (χ3v) is 3.61. The number of hydrogen-bond acceptors (Lipinski definition) is 3. The number of halogens is 1. The van der Waals surface area contributed by atoms with Crippen LogP contribution in [-0.4, -0.2) is 16.4 Å². The summed E-state index contributed by atoms with van der Waals surface area (Å²) in [6.45, 7) is 1.96. The Morgan fingerprint density at radius 2 is 2.17 bits per heavy atom. The van der Waals surface area contributed by atoms with Crippen LogP contribution in [0.5, 0.6) is 0 Å². The quantitative estimate of drug-likeness (QED) is 0.677. The van der Waals surface area contributed by atoms with Crippen LogP contribution in [0.15, 0.2) is 18.2 Å². The molecule has 1 saturated carbocycles. The van der Waals surface area contributed by atoms with E-state index in [1.165, 1.54) is 18.2 Å². The van der Waals surface area contributed by atoms with Crippen LogP contribution in [0.4, 0.5) is 5.69 Å². The van der Waals surface area contributed by atoms with E-state index < -0.39 is 4.92 Å². The van der Waals surface area contributed by atoms with E-state index in [0.717, 1.165) is 19.3 Å². The zero-order chi connectivity index (χ0) is 13.3. The van der Waals surface area contributed by atoms with Gasteiger partial charge in [-0.2, -0.15) is 0 Å². The van der Waals surface area contributed by atoms with Crippen LogP contribution >= 0.6 is 11.6 Å². The van der Waals surface area contributed by atoms with Crippen LogP contribution in [0.25, 0.3) is 0 Å². The van der Waals surface area contributed by atoms with E-state index in [-0.39, 0.29) is 27.7 Å². The lowest BCUT2D eigenvalue weighted by atomic mass is 9.78. The van der Waals surface area contributed by atoms with Gasteiger partial charge in [0.1, 0.15) is 0 Å². The molecule has 2 rings (SSSR count). The summed E-state index contributed by atoms with van der Waals surface area (Å²) in [5.41, 5.74) is -0.187. The Kier molecular flexibility index (Phi) is 3.26. The summed E-state index contributed by atoms with van der Waals surface area (Å²) in [5.74, 6) is -0.356. The van der Waals surface area contributed by atoms with Crippen LogP contribution in [0.2, 0.25) is 5.02 Å². The summed E-state index contributed by atoms with van der Waals surface area (Å²) < 4.78 is 0. The summed E-state index contributed by atoms with van der Waals surface area (Å²) >= 11 is 5.90. The van der Waals surface area contributed by atoms with Gasteiger partial charge in [-0.3, -0.25) is 14.9 Å². The molecular weight excluding hydrogens is 256 g/mol. The molecule has 0 atom stereocenters. The minimum absolute atomic E-state index is 0.136. The molecule has 1 aromatic rings. The van der Waals surface area contributed by atoms with E-state index in [1.807, 2.05) is 6.92 Å². The van der Waals surface area contributed by atoms with Gasteiger partial charge in [-0.05, 0) is 32.3 Å². The smallest absolute Gasteiger partial charge is 0.270 e. The van der Waals surface area contributed by atoms with Crippen LogP contribution in [0.3, 0.4) is 0 Å². The van der Waals surface area contributed by atoms with E-state index in [0.29, 0.717) is 0 Å². The highest BCUT2D eigenvalue weighted by molar-refractivity contribution is 6.34. The lowest BCUT2D eigenvalue weighted by Crippen LogP contribution is -2.51. The molecule has 0 heterocycles. The third-order valence-electron chi connectivity index (χ3n) is 3.28. The summed E-state index contributed by atoms with van der Waals surface area (Å²) in [4.78, 5) is 22.2. The number of nitro benzene ring substituents is 1. The number of benzene rings is 1. The fourth-order valence-corrected chi connectivity index (χ4v) is 2.18. The van der Waals surface area contributed by atoms with Gasteiger partial charge in [0.05, 0.1) is 15.5 Å². The summed E-state index contributed by atoms with van der Waals surface area (Å²) in [7, 11) is 0. The fourth-order valence-electron chi connectivity index (χ4n) is 1.97. The van der Waals surface area contributed by atoms with Crippen LogP contribution in [-0.2, 0) is 0 Å². The molecule has 1 fully saturated rings.